The minimum atomic E-state index is -0.619. The van der Waals surface area contributed by atoms with E-state index in [1.54, 1.807) is 12.3 Å². The van der Waals surface area contributed by atoms with Crippen LogP contribution in [-0.2, 0) is 19.0 Å². The van der Waals surface area contributed by atoms with Crippen molar-refractivity contribution in [1.82, 2.24) is 15.2 Å². The van der Waals surface area contributed by atoms with Gasteiger partial charge in [-0.3, -0.25) is 4.79 Å². The fourth-order valence-electron chi connectivity index (χ4n) is 4.27. The van der Waals surface area contributed by atoms with E-state index < -0.39 is 23.6 Å². The fourth-order valence-corrected chi connectivity index (χ4v) is 5.15. The second kappa shape index (κ2) is 13.3. The first-order chi connectivity index (χ1) is 18.4. The van der Waals surface area contributed by atoms with Crippen molar-refractivity contribution in [2.24, 2.45) is 5.92 Å². The van der Waals surface area contributed by atoms with Gasteiger partial charge < -0.3 is 24.4 Å². The van der Waals surface area contributed by atoms with Gasteiger partial charge in [-0.2, -0.15) is 0 Å². The maximum absolute atomic E-state index is 13.3. The summed E-state index contributed by atoms with van der Waals surface area (Å²) in [6, 6.07) is 0. The Morgan fingerprint density at radius 1 is 1.26 bits per heavy atom. The Bertz CT molecular complexity index is 1160. The zero-order chi connectivity index (χ0) is 28.7. The standard InChI is InChI=1S/C29H41N3O6S/c1-8-10-11-37-25-20-13-21(26-31-22(17-39-26)27(34)36-9-2)24(33)12-19(20)16-32(15-18(3)4)23(25)14-30-28(35)38-29(5,6)7/h13,16-18,21H,8-12,14-15H2,1-7H3,(H,30,35). The molecule has 0 saturated heterocycles. The first kappa shape index (κ1) is 30.4. The first-order valence-corrected chi connectivity index (χ1v) is 14.5. The number of hydrogen-bond acceptors (Lipinski definition) is 9. The van der Waals surface area contributed by atoms with Gasteiger partial charge in [0.25, 0.3) is 0 Å². The van der Waals surface area contributed by atoms with Crippen LogP contribution in [0.4, 0.5) is 4.79 Å². The highest BCUT2D eigenvalue weighted by atomic mass is 32.1. The molecule has 1 aliphatic carbocycles. The molecule has 10 heteroatoms. The van der Waals surface area contributed by atoms with Crippen LogP contribution in [0.3, 0.4) is 0 Å². The van der Waals surface area contributed by atoms with Crippen molar-refractivity contribution in [3.8, 4) is 0 Å². The largest absolute Gasteiger partial charge is 0.491 e. The minimum absolute atomic E-state index is 0.00231. The van der Waals surface area contributed by atoms with Crippen LogP contribution in [-0.4, -0.2) is 59.6 Å². The van der Waals surface area contributed by atoms with Crippen LogP contribution in [0.15, 0.2) is 40.3 Å². The lowest BCUT2D eigenvalue weighted by Crippen LogP contribution is -2.39. The molecule has 0 saturated carbocycles. The van der Waals surface area contributed by atoms with Gasteiger partial charge in [-0.15, -0.1) is 11.3 Å². The molecule has 0 aromatic carbocycles. The molecule has 9 nitrogen and oxygen atoms in total. The third kappa shape index (κ3) is 8.17. The predicted molar refractivity (Wildman–Crippen MR) is 150 cm³/mol. The maximum atomic E-state index is 13.3. The smallest absolute Gasteiger partial charge is 0.407 e. The van der Waals surface area contributed by atoms with E-state index in [-0.39, 0.29) is 31.0 Å². The number of hydrogen-bond donors (Lipinski definition) is 1. The fraction of sp³-hybridized carbons (Fsp3) is 0.586. The molecule has 2 aliphatic rings. The molecule has 1 aromatic rings. The summed E-state index contributed by atoms with van der Waals surface area (Å²) in [5.41, 5.74) is 2.08. The van der Waals surface area contributed by atoms with Crippen LogP contribution in [0.2, 0.25) is 0 Å². The van der Waals surface area contributed by atoms with E-state index in [1.165, 1.54) is 11.3 Å². The van der Waals surface area contributed by atoms with Crippen molar-refractivity contribution in [2.75, 3.05) is 26.3 Å². The molecule has 214 valence electrons. The Morgan fingerprint density at radius 2 is 2.00 bits per heavy atom. The van der Waals surface area contributed by atoms with Crippen LogP contribution in [0.5, 0.6) is 0 Å². The van der Waals surface area contributed by atoms with Gasteiger partial charge in [0.1, 0.15) is 16.4 Å². The van der Waals surface area contributed by atoms with Gasteiger partial charge in [-0.25, -0.2) is 14.6 Å². The highest BCUT2D eigenvalue weighted by Crippen LogP contribution is 2.41. The monoisotopic (exact) mass is 559 g/mol. The van der Waals surface area contributed by atoms with Gasteiger partial charge in [-0.1, -0.05) is 33.3 Å². The van der Waals surface area contributed by atoms with Gasteiger partial charge in [0, 0.05) is 30.1 Å². The molecule has 1 atom stereocenters. The number of esters is 1. The molecule has 0 spiro atoms. The second-order valence-electron chi connectivity index (χ2n) is 11.0. The highest BCUT2D eigenvalue weighted by Gasteiger charge is 2.36. The zero-order valence-electron chi connectivity index (χ0n) is 24.1. The number of carbonyl (C=O) groups is 3. The summed E-state index contributed by atoms with van der Waals surface area (Å²) in [6.07, 6.45) is 5.41. The van der Waals surface area contributed by atoms with E-state index in [0.29, 0.717) is 29.8 Å². The summed E-state index contributed by atoms with van der Waals surface area (Å²) in [6.45, 7) is 15.2. The number of nitrogens with zero attached hydrogens (tertiary/aromatic N) is 2. The van der Waals surface area contributed by atoms with Gasteiger partial charge >= 0.3 is 12.1 Å². The summed E-state index contributed by atoms with van der Waals surface area (Å²) in [5.74, 6) is -0.131. The van der Waals surface area contributed by atoms with E-state index >= 15 is 0 Å². The number of carbonyl (C=O) groups excluding carboxylic acids is 3. The number of unbranched alkanes of at least 4 members (excludes halogenated alkanes) is 1. The quantitative estimate of drug-likeness (QED) is 0.271. The molecule has 0 radical (unpaired) electrons. The number of thiazole rings is 1. The third-order valence-electron chi connectivity index (χ3n) is 5.93. The molecule has 1 aromatic heterocycles. The molecule has 39 heavy (non-hydrogen) atoms. The summed E-state index contributed by atoms with van der Waals surface area (Å²) < 4.78 is 16.9. The van der Waals surface area contributed by atoms with Crippen LogP contribution >= 0.6 is 11.3 Å². The van der Waals surface area contributed by atoms with Gasteiger partial charge in [0.05, 0.1) is 31.4 Å². The summed E-state index contributed by atoms with van der Waals surface area (Å²) in [5, 5.41) is 5.05. The Balaban J connectivity index is 2.02. The number of ether oxygens (including phenoxy) is 3. The molecule has 0 fully saturated rings. The van der Waals surface area contributed by atoms with Gasteiger partial charge in [0.15, 0.2) is 11.5 Å². The van der Waals surface area contributed by atoms with Crippen molar-refractivity contribution in [3.05, 3.63) is 51.0 Å². The molecular weight excluding hydrogens is 518 g/mol. The summed E-state index contributed by atoms with van der Waals surface area (Å²) >= 11 is 1.27. The molecule has 1 aliphatic heterocycles. The van der Waals surface area contributed by atoms with E-state index in [1.807, 2.05) is 33.0 Å². The second-order valence-corrected chi connectivity index (χ2v) is 11.9. The van der Waals surface area contributed by atoms with Crippen molar-refractivity contribution < 1.29 is 28.6 Å². The number of allylic oxidation sites excluding steroid dienone is 2. The number of fused-ring (bicyclic) bond motifs is 1. The molecule has 1 unspecified atom stereocenters. The van der Waals surface area contributed by atoms with Gasteiger partial charge in [-0.05, 0) is 45.6 Å². The molecule has 2 heterocycles. The molecular formula is C29H41N3O6S. The average molecular weight is 560 g/mol. The third-order valence-corrected chi connectivity index (χ3v) is 6.86. The summed E-state index contributed by atoms with van der Waals surface area (Å²) in [7, 11) is 0. The van der Waals surface area contributed by atoms with Crippen LogP contribution in [0.1, 0.15) is 89.1 Å². The molecule has 0 bridgehead atoms. The number of amides is 1. The number of alkyl carbamates (subject to hydrolysis) is 1. The number of nitrogens with one attached hydrogen (secondary N) is 1. The summed E-state index contributed by atoms with van der Waals surface area (Å²) in [4.78, 5) is 44.5. The number of ketones is 1. The van der Waals surface area contributed by atoms with Crippen LogP contribution < -0.4 is 5.32 Å². The van der Waals surface area contributed by atoms with Crippen molar-refractivity contribution in [2.45, 2.75) is 79.2 Å². The van der Waals surface area contributed by atoms with Gasteiger partial charge in [0.2, 0.25) is 0 Å². The van der Waals surface area contributed by atoms with Crippen LogP contribution in [0.25, 0.3) is 0 Å². The zero-order valence-corrected chi connectivity index (χ0v) is 24.9. The number of aromatic nitrogens is 1. The molecule has 1 amide bonds. The van der Waals surface area contributed by atoms with E-state index in [9.17, 15) is 14.4 Å². The van der Waals surface area contributed by atoms with E-state index in [0.717, 1.165) is 29.7 Å². The van der Waals surface area contributed by atoms with Crippen LogP contribution in [0, 0.1) is 5.92 Å². The topological polar surface area (TPSA) is 107 Å². The lowest BCUT2D eigenvalue weighted by Gasteiger charge is -2.36. The van der Waals surface area contributed by atoms with E-state index in [2.05, 4.69) is 36.0 Å². The Hall–Kier alpha value is -3.14. The lowest BCUT2D eigenvalue weighted by atomic mass is 9.83. The minimum Gasteiger partial charge on any atom is -0.491 e. The SMILES string of the molecule is CCCCOC1=C(CNC(=O)OC(C)(C)C)N(CC(C)C)C=C2CC(=O)C(c3nc(C(=O)OCC)cs3)C=C21. The maximum Gasteiger partial charge on any atom is 0.407 e. The average Bonchev–Trinajstić information content (AvgIpc) is 3.32. The first-order valence-electron chi connectivity index (χ1n) is 13.6. The van der Waals surface area contributed by atoms with Crippen molar-refractivity contribution in [1.29, 1.82) is 0 Å². The normalized spacial score (nSPS) is 17.5. The number of rotatable bonds is 11. The number of Topliss-reactive ketones (excluding diaryl/α,β-unsaturated/α-hetero) is 1. The Labute approximate surface area is 235 Å². The van der Waals surface area contributed by atoms with Crippen molar-refractivity contribution >= 4 is 29.2 Å². The lowest BCUT2D eigenvalue weighted by molar-refractivity contribution is -0.119. The van der Waals surface area contributed by atoms with E-state index in [4.69, 9.17) is 14.2 Å². The Morgan fingerprint density at radius 3 is 2.64 bits per heavy atom. The highest BCUT2D eigenvalue weighted by molar-refractivity contribution is 7.10. The van der Waals surface area contributed by atoms with Crippen molar-refractivity contribution in [3.63, 3.8) is 0 Å². The Kier molecular flexibility index (Phi) is 10.4. The predicted octanol–water partition coefficient (Wildman–Crippen LogP) is 5.71. The molecule has 1 N–H and O–H groups in total. The molecule has 3 rings (SSSR count).